The van der Waals surface area contributed by atoms with E-state index in [0.29, 0.717) is 0 Å². The summed E-state index contributed by atoms with van der Waals surface area (Å²) in [5, 5.41) is 4.68. The molecular formula is C41H26N2OS. The van der Waals surface area contributed by atoms with Crippen molar-refractivity contribution in [2.45, 2.75) is 0 Å². The molecule has 0 atom stereocenters. The van der Waals surface area contributed by atoms with Crippen LogP contribution < -0.4 is 4.90 Å². The lowest BCUT2D eigenvalue weighted by Gasteiger charge is -2.26. The van der Waals surface area contributed by atoms with Crippen LogP contribution in [0.5, 0.6) is 0 Å². The number of hydrogen-bond donors (Lipinski definition) is 0. The smallest absolute Gasteiger partial charge is 0.137 e. The molecular weight excluding hydrogens is 569 g/mol. The molecule has 45 heavy (non-hydrogen) atoms. The number of anilines is 3. The molecule has 0 saturated carbocycles. The molecule has 3 nitrogen and oxygen atoms in total. The van der Waals surface area contributed by atoms with E-state index in [4.69, 9.17) is 9.40 Å². The fourth-order valence-electron chi connectivity index (χ4n) is 6.35. The highest BCUT2D eigenvalue weighted by molar-refractivity contribution is 7.25. The van der Waals surface area contributed by atoms with E-state index in [-0.39, 0.29) is 0 Å². The van der Waals surface area contributed by atoms with E-state index >= 15 is 0 Å². The highest BCUT2D eigenvalue weighted by atomic mass is 32.1. The second-order valence-corrected chi connectivity index (χ2v) is 12.2. The van der Waals surface area contributed by atoms with Gasteiger partial charge in [0, 0.05) is 37.8 Å². The van der Waals surface area contributed by atoms with Crippen molar-refractivity contribution in [3.8, 4) is 22.4 Å². The van der Waals surface area contributed by atoms with Gasteiger partial charge in [0.25, 0.3) is 0 Å². The molecule has 0 amide bonds. The second kappa shape index (κ2) is 10.5. The zero-order valence-electron chi connectivity index (χ0n) is 24.2. The number of nitrogens with zero attached hydrogens (tertiary/aromatic N) is 2. The maximum Gasteiger partial charge on any atom is 0.137 e. The zero-order chi connectivity index (χ0) is 29.7. The van der Waals surface area contributed by atoms with Crippen LogP contribution in [0.3, 0.4) is 0 Å². The summed E-state index contributed by atoms with van der Waals surface area (Å²) in [7, 11) is 0. The molecule has 0 N–H and O–H groups in total. The molecule has 0 aliphatic carbocycles. The van der Waals surface area contributed by atoms with Crippen LogP contribution in [-0.4, -0.2) is 4.98 Å². The van der Waals surface area contributed by atoms with Crippen LogP contribution in [0.4, 0.5) is 17.1 Å². The predicted octanol–water partition coefficient (Wildman–Crippen LogP) is 12.2. The first-order valence-corrected chi connectivity index (χ1v) is 15.9. The SMILES string of the molecule is c1ccc(-c2ccc(N(c3ccc(-c4ccc5c(n4)sc4ccccc45)cc3)c3cccc4oc5ccccc5c34)cc2)cc1. The number of para-hydroxylation sites is 1. The monoisotopic (exact) mass is 594 g/mol. The number of rotatable bonds is 5. The minimum absolute atomic E-state index is 0.872. The summed E-state index contributed by atoms with van der Waals surface area (Å²) < 4.78 is 7.56. The first kappa shape index (κ1) is 25.8. The van der Waals surface area contributed by atoms with Crippen LogP contribution in [0.2, 0.25) is 0 Å². The molecule has 0 fully saturated rings. The highest BCUT2D eigenvalue weighted by Gasteiger charge is 2.19. The molecule has 212 valence electrons. The van der Waals surface area contributed by atoms with Gasteiger partial charge in [-0.2, -0.15) is 0 Å². The molecule has 0 bridgehead atoms. The van der Waals surface area contributed by atoms with Crippen molar-refractivity contribution in [3.05, 3.63) is 158 Å². The lowest BCUT2D eigenvalue weighted by Crippen LogP contribution is -2.10. The molecule has 0 unspecified atom stereocenters. The van der Waals surface area contributed by atoms with Crippen molar-refractivity contribution in [1.29, 1.82) is 0 Å². The van der Waals surface area contributed by atoms with Gasteiger partial charge in [-0.3, -0.25) is 0 Å². The van der Waals surface area contributed by atoms with E-state index in [1.165, 1.54) is 26.6 Å². The van der Waals surface area contributed by atoms with Crippen molar-refractivity contribution >= 4 is 70.6 Å². The topological polar surface area (TPSA) is 29.3 Å². The Balaban J connectivity index is 1.17. The summed E-state index contributed by atoms with van der Waals surface area (Å²) >= 11 is 1.75. The average Bonchev–Trinajstić information content (AvgIpc) is 3.68. The first-order valence-electron chi connectivity index (χ1n) is 15.0. The predicted molar refractivity (Wildman–Crippen MR) is 190 cm³/mol. The van der Waals surface area contributed by atoms with Crippen LogP contribution >= 0.6 is 11.3 Å². The van der Waals surface area contributed by atoms with Crippen molar-refractivity contribution in [3.63, 3.8) is 0 Å². The summed E-state index contributed by atoms with van der Waals surface area (Å²) in [5.41, 5.74) is 9.41. The van der Waals surface area contributed by atoms with Gasteiger partial charge in [-0.1, -0.05) is 97.1 Å². The number of pyridine rings is 1. The molecule has 6 aromatic carbocycles. The van der Waals surface area contributed by atoms with Crippen molar-refractivity contribution in [2.75, 3.05) is 4.90 Å². The number of thiophene rings is 1. The van der Waals surface area contributed by atoms with Gasteiger partial charge in [-0.05, 0) is 71.8 Å². The van der Waals surface area contributed by atoms with Gasteiger partial charge in [-0.25, -0.2) is 4.98 Å². The number of benzene rings is 6. The second-order valence-electron chi connectivity index (χ2n) is 11.2. The maximum absolute atomic E-state index is 6.29. The summed E-state index contributed by atoms with van der Waals surface area (Å²) in [6.07, 6.45) is 0. The number of furan rings is 1. The van der Waals surface area contributed by atoms with E-state index in [0.717, 1.165) is 55.1 Å². The fourth-order valence-corrected chi connectivity index (χ4v) is 7.43. The van der Waals surface area contributed by atoms with Crippen molar-refractivity contribution < 1.29 is 4.42 Å². The minimum atomic E-state index is 0.872. The summed E-state index contributed by atoms with van der Waals surface area (Å²) in [6.45, 7) is 0. The number of fused-ring (bicyclic) bond motifs is 6. The first-order chi connectivity index (χ1) is 22.3. The lowest BCUT2D eigenvalue weighted by atomic mass is 10.0. The third kappa shape index (κ3) is 4.38. The zero-order valence-corrected chi connectivity index (χ0v) is 25.0. The fraction of sp³-hybridized carbons (Fsp3) is 0. The summed E-state index contributed by atoms with van der Waals surface area (Å²) in [4.78, 5) is 8.46. The average molecular weight is 595 g/mol. The summed E-state index contributed by atoms with van der Waals surface area (Å²) in [6, 6.07) is 55.5. The normalized spacial score (nSPS) is 11.6. The lowest BCUT2D eigenvalue weighted by molar-refractivity contribution is 0.669. The standard InChI is InChI=1S/C41H26N2OS/c1-2-9-27(10-3-1)28-17-21-30(22-18-28)43(36-13-8-15-38-40(36)34-12-4-6-14-37(34)44-38)31-23-19-29(20-24-31)35-26-25-33-32-11-5-7-16-39(32)45-41(33)42-35/h1-26H. The molecule has 0 radical (unpaired) electrons. The Hall–Kier alpha value is -5.71. The molecule has 0 aliphatic rings. The van der Waals surface area contributed by atoms with Crippen LogP contribution in [0.15, 0.2) is 162 Å². The highest BCUT2D eigenvalue weighted by Crippen LogP contribution is 2.43. The van der Waals surface area contributed by atoms with Gasteiger partial charge in [0.05, 0.1) is 16.8 Å². The Morgan fingerprint density at radius 1 is 0.467 bits per heavy atom. The largest absolute Gasteiger partial charge is 0.456 e. The Bertz CT molecular complexity index is 2480. The van der Waals surface area contributed by atoms with E-state index in [1.54, 1.807) is 11.3 Å². The third-order valence-electron chi connectivity index (χ3n) is 8.52. The molecule has 3 aromatic heterocycles. The van der Waals surface area contributed by atoms with Crippen LogP contribution in [0.1, 0.15) is 0 Å². The van der Waals surface area contributed by atoms with Gasteiger partial charge in [0.1, 0.15) is 16.0 Å². The Kier molecular flexibility index (Phi) is 6.00. The number of aromatic nitrogens is 1. The van der Waals surface area contributed by atoms with Crippen LogP contribution in [0.25, 0.3) is 64.6 Å². The van der Waals surface area contributed by atoms with Crippen molar-refractivity contribution in [2.24, 2.45) is 0 Å². The Morgan fingerprint density at radius 2 is 1.11 bits per heavy atom. The van der Waals surface area contributed by atoms with Gasteiger partial charge >= 0.3 is 0 Å². The van der Waals surface area contributed by atoms with E-state index in [9.17, 15) is 0 Å². The summed E-state index contributed by atoms with van der Waals surface area (Å²) in [5.74, 6) is 0. The molecule has 0 aliphatic heterocycles. The number of hydrogen-bond acceptors (Lipinski definition) is 4. The van der Waals surface area contributed by atoms with Gasteiger partial charge < -0.3 is 9.32 Å². The van der Waals surface area contributed by atoms with Crippen molar-refractivity contribution in [1.82, 2.24) is 4.98 Å². The van der Waals surface area contributed by atoms with E-state index in [2.05, 4.69) is 150 Å². The third-order valence-corrected chi connectivity index (χ3v) is 9.60. The quantitative estimate of drug-likeness (QED) is 0.198. The van der Waals surface area contributed by atoms with E-state index in [1.807, 2.05) is 12.1 Å². The van der Waals surface area contributed by atoms with Gasteiger partial charge in [-0.15, -0.1) is 11.3 Å². The van der Waals surface area contributed by atoms with E-state index < -0.39 is 0 Å². The molecule has 4 heteroatoms. The maximum atomic E-state index is 6.29. The molecule has 9 aromatic rings. The molecule has 3 heterocycles. The van der Waals surface area contributed by atoms with Crippen LogP contribution in [-0.2, 0) is 0 Å². The Labute approximate surface area is 264 Å². The Morgan fingerprint density at radius 3 is 1.91 bits per heavy atom. The van der Waals surface area contributed by atoms with Crippen LogP contribution in [0, 0.1) is 0 Å². The molecule has 0 saturated heterocycles. The molecule has 9 rings (SSSR count). The van der Waals surface area contributed by atoms with Gasteiger partial charge in [0.2, 0.25) is 0 Å². The molecule has 0 spiro atoms. The minimum Gasteiger partial charge on any atom is -0.456 e. The van der Waals surface area contributed by atoms with Gasteiger partial charge in [0.15, 0.2) is 0 Å².